The van der Waals surface area contributed by atoms with E-state index in [0.717, 1.165) is 28.5 Å². The van der Waals surface area contributed by atoms with Crippen LogP contribution in [0.25, 0.3) is 6.08 Å². The first kappa shape index (κ1) is 19.5. The first-order chi connectivity index (χ1) is 12.5. The Kier molecular flexibility index (Phi) is 6.85. The van der Waals surface area contributed by atoms with Crippen LogP contribution in [0.5, 0.6) is 0 Å². The Bertz CT molecular complexity index is 818. The van der Waals surface area contributed by atoms with Gasteiger partial charge >= 0.3 is 159 Å². The summed E-state index contributed by atoms with van der Waals surface area (Å²) in [5, 5.41) is 2.92. The first-order valence-electron chi connectivity index (χ1n) is 8.50. The molecule has 3 rings (SSSR count). The number of aryl methyl sites for hydroxylation is 3. The summed E-state index contributed by atoms with van der Waals surface area (Å²) in [4.78, 5) is 21.1. The van der Waals surface area contributed by atoms with Crippen molar-refractivity contribution < 1.29 is 4.79 Å². The number of hydrogen-bond donors (Lipinski definition) is 1. The zero-order valence-electron chi connectivity index (χ0n) is 15.2. The van der Waals surface area contributed by atoms with Gasteiger partial charge in [-0.1, -0.05) is 0 Å². The number of carbonyl (C=O) groups excluding carboxylic acids is 1. The average Bonchev–Trinajstić information content (AvgIpc) is 2.65. The van der Waals surface area contributed by atoms with E-state index in [2.05, 4.69) is 47.5 Å². The summed E-state index contributed by atoms with van der Waals surface area (Å²) in [6, 6.07) is 8.35. The summed E-state index contributed by atoms with van der Waals surface area (Å²) < 4.78 is 1.46. The second-order valence-corrected chi connectivity index (χ2v) is 17.8. The Hall–Kier alpha value is -1.23. The summed E-state index contributed by atoms with van der Waals surface area (Å²) in [6.45, 7) is 5.76. The van der Waals surface area contributed by atoms with Crippen LogP contribution < -0.4 is 9.67 Å². The molecule has 2 aromatic rings. The quantitative estimate of drug-likeness (QED) is 0.573. The van der Waals surface area contributed by atoms with Crippen LogP contribution in [0.15, 0.2) is 30.3 Å². The number of nitrogens with one attached hydrogen (secondary N) is 1. The molecule has 0 spiro atoms. The van der Waals surface area contributed by atoms with Crippen LogP contribution in [-0.4, -0.2) is 39.7 Å². The molecule has 0 bridgehead atoms. The molecule has 0 saturated carbocycles. The molecule has 0 radical (unpaired) electrons. The van der Waals surface area contributed by atoms with E-state index in [0.29, 0.717) is 0 Å². The Morgan fingerprint density at radius 3 is 2.38 bits per heavy atom. The molecular weight excluding hydrogens is 425 g/mol. The normalized spacial score (nSPS) is 15.3. The minimum atomic E-state index is -0.990. The van der Waals surface area contributed by atoms with Crippen molar-refractivity contribution >= 4 is 54.4 Å². The van der Waals surface area contributed by atoms with Gasteiger partial charge in [-0.05, 0) is 6.92 Å². The summed E-state index contributed by atoms with van der Waals surface area (Å²) in [5.41, 5.74) is 4.19. The Morgan fingerprint density at radius 2 is 1.69 bits per heavy atom. The van der Waals surface area contributed by atoms with E-state index in [1.165, 1.54) is 28.4 Å². The van der Waals surface area contributed by atoms with Gasteiger partial charge in [-0.25, -0.2) is 0 Å². The zero-order chi connectivity index (χ0) is 18.5. The summed E-state index contributed by atoms with van der Waals surface area (Å²) in [5.74, 6) is 2.42. The fourth-order valence-corrected chi connectivity index (χ4v) is 15.5. The molecule has 2 heterocycles. The van der Waals surface area contributed by atoms with E-state index in [1.807, 2.05) is 32.9 Å². The van der Waals surface area contributed by atoms with E-state index in [4.69, 9.17) is 0 Å². The van der Waals surface area contributed by atoms with E-state index >= 15 is 0 Å². The average molecular weight is 447 g/mol. The molecule has 1 aliphatic heterocycles. The third-order valence-electron chi connectivity index (χ3n) is 3.96. The van der Waals surface area contributed by atoms with Gasteiger partial charge in [0.1, 0.15) is 0 Å². The van der Waals surface area contributed by atoms with E-state index in [1.54, 1.807) is 6.08 Å². The van der Waals surface area contributed by atoms with Gasteiger partial charge in [0.2, 0.25) is 0 Å². The van der Waals surface area contributed by atoms with Gasteiger partial charge in [0.25, 0.3) is 0 Å². The van der Waals surface area contributed by atoms with Crippen LogP contribution in [0.1, 0.15) is 29.2 Å². The SMILES string of the molecule is Cc1nc(C)c(/C=C/C(=O)Nc2ccc([As]3SCCCS3)cc2)nc1C. The number of hydrogen-bond acceptors (Lipinski definition) is 5. The van der Waals surface area contributed by atoms with Gasteiger partial charge in [-0.15, -0.1) is 0 Å². The van der Waals surface area contributed by atoms with Crippen molar-refractivity contribution in [2.75, 3.05) is 16.8 Å². The molecule has 136 valence electrons. The Morgan fingerprint density at radius 1 is 1.04 bits per heavy atom. The molecule has 0 unspecified atom stereocenters. The molecular formula is C19H22AsN3OS2. The second kappa shape index (κ2) is 9.11. The maximum atomic E-state index is 12.2. The second-order valence-electron chi connectivity index (χ2n) is 6.01. The molecule has 1 saturated heterocycles. The predicted octanol–water partition coefficient (Wildman–Crippen LogP) is 3.62. The summed E-state index contributed by atoms with van der Waals surface area (Å²) >= 11 is -0.990. The molecule has 1 aliphatic rings. The number of anilines is 1. The van der Waals surface area contributed by atoms with Crippen molar-refractivity contribution in [1.29, 1.82) is 0 Å². The predicted molar refractivity (Wildman–Crippen MR) is 115 cm³/mol. The number of nitrogens with zero attached hydrogens (tertiary/aromatic N) is 2. The Balaban J connectivity index is 1.62. The van der Waals surface area contributed by atoms with Gasteiger partial charge in [-0.3, -0.25) is 0 Å². The van der Waals surface area contributed by atoms with Crippen molar-refractivity contribution in [3.05, 3.63) is 53.1 Å². The van der Waals surface area contributed by atoms with Crippen LogP contribution in [0.2, 0.25) is 0 Å². The molecule has 0 atom stereocenters. The third-order valence-corrected chi connectivity index (χ3v) is 17.6. The van der Waals surface area contributed by atoms with Crippen molar-refractivity contribution in [2.45, 2.75) is 27.2 Å². The molecule has 26 heavy (non-hydrogen) atoms. The van der Waals surface area contributed by atoms with Gasteiger partial charge < -0.3 is 0 Å². The van der Waals surface area contributed by atoms with Crippen LogP contribution in [0.4, 0.5) is 5.69 Å². The van der Waals surface area contributed by atoms with Crippen LogP contribution in [0.3, 0.4) is 0 Å². The molecule has 1 aromatic heterocycles. The molecule has 7 heteroatoms. The van der Waals surface area contributed by atoms with Gasteiger partial charge in [0.05, 0.1) is 0 Å². The number of rotatable bonds is 4. The van der Waals surface area contributed by atoms with Gasteiger partial charge in [0, 0.05) is 0 Å². The number of amides is 1. The van der Waals surface area contributed by atoms with Gasteiger partial charge in [0.15, 0.2) is 0 Å². The number of aromatic nitrogens is 2. The Labute approximate surface area is 165 Å². The van der Waals surface area contributed by atoms with Crippen LogP contribution >= 0.6 is 20.0 Å². The number of benzene rings is 1. The summed E-state index contributed by atoms with van der Waals surface area (Å²) in [7, 11) is 4.29. The monoisotopic (exact) mass is 447 g/mol. The van der Waals surface area contributed by atoms with Crippen molar-refractivity contribution in [3.8, 4) is 0 Å². The van der Waals surface area contributed by atoms with Crippen molar-refractivity contribution in [3.63, 3.8) is 0 Å². The maximum absolute atomic E-state index is 12.2. The topological polar surface area (TPSA) is 54.9 Å². The first-order valence-corrected chi connectivity index (χ1v) is 15.9. The molecule has 0 aliphatic carbocycles. The standard InChI is InChI=1S/C19H22AsN3OS2/c1-13-14(2)22-18(15(3)21-13)9-10-19(24)23-17-7-5-16(6-8-17)20-25-11-4-12-26-20/h5-10H,4,11-12H2,1-3H3,(H,23,24)/b10-9+. The van der Waals surface area contributed by atoms with Crippen molar-refractivity contribution in [2.24, 2.45) is 0 Å². The van der Waals surface area contributed by atoms with Gasteiger partial charge in [-0.2, -0.15) is 0 Å². The number of carbonyl (C=O) groups is 1. The molecule has 1 fully saturated rings. The molecule has 1 aromatic carbocycles. The van der Waals surface area contributed by atoms with Crippen LogP contribution in [-0.2, 0) is 4.79 Å². The summed E-state index contributed by atoms with van der Waals surface area (Å²) in [6.07, 6.45) is 4.56. The minimum absolute atomic E-state index is 0.156. The van der Waals surface area contributed by atoms with E-state index in [9.17, 15) is 4.79 Å². The fourth-order valence-electron chi connectivity index (χ4n) is 2.44. The fraction of sp³-hybridized carbons (Fsp3) is 0.316. The zero-order valence-corrected chi connectivity index (χ0v) is 18.7. The molecule has 1 amide bonds. The van der Waals surface area contributed by atoms with Crippen molar-refractivity contribution in [1.82, 2.24) is 9.97 Å². The van der Waals surface area contributed by atoms with E-state index < -0.39 is 12.3 Å². The molecule has 1 N–H and O–H groups in total. The van der Waals surface area contributed by atoms with E-state index in [-0.39, 0.29) is 5.91 Å². The molecule has 4 nitrogen and oxygen atoms in total. The third kappa shape index (κ3) is 5.15. The van der Waals surface area contributed by atoms with Crippen LogP contribution in [0, 0.1) is 20.8 Å².